The van der Waals surface area contributed by atoms with Crippen LogP contribution >= 0.6 is 19.4 Å². The smallest absolute Gasteiger partial charge is 0.0162 e. The Kier molecular flexibility index (Phi) is 44.4. The fourth-order valence-corrected chi connectivity index (χ4v) is 4.83. The zero-order valence-electron chi connectivity index (χ0n) is 35.3. The molecule has 24 heteroatoms. The van der Waals surface area contributed by atoms with E-state index in [4.69, 9.17) is 16.6 Å². The van der Waals surface area contributed by atoms with Crippen molar-refractivity contribution in [1.82, 2.24) is 41.4 Å². The van der Waals surface area contributed by atoms with Crippen molar-refractivity contribution in [2.45, 2.75) is 116 Å². The molecule has 0 radical (unpaired) electrons. The van der Waals surface area contributed by atoms with E-state index in [1.54, 1.807) is 24.5 Å². The van der Waals surface area contributed by atoms with Crippen LogP contribution in [0.25, 0.3) is 11.5 Å². The fraction of sp³-hybridized carbons (Fsp3) is 0.684. The Hall–Kier alpha value is -2.86. The molecular formula is C38H66FeIN10O11Pt-2. The van der Waals surface area contributed by atoms with E-state index < -0.39 is 23.8 Å². The number of aliphatic hydroxyl groups is 1. The number of carbonyl (C=O) groups excluding carboxylic acids is 7. The van der Waals surface area contributed by atoms with Crippen LogP contribution in [-0.2, 0) is 73.3 Å². The minimum absolute atomic E-state index is 0. The van der Waals surface area contributed by atoms with Gasteiger partial charge in [0, 0.05) is 127 Å². The minimum atomic E-state index is -0.731. The summed E-state index contributed by atoms with van der Waals surface area (Å²) in [6, 6.07) is 3.59. The molecule has 361 valence electrons. The normalized spacial score (nSPS) is 10.1. The molecule has 0 aliphatic heterocycles. The molecule has 1 heterocycles. The molecule has 10 N–H and O–H groups in total. The molecule has 0 aliphatic rings. The fourth-order valence-electron chi connectivity index (χ4n) is 4.83. The third-order valence-electron chi connectivity index (χ3n) is 8.47. The van der Waals surface area contributed by atoms with Gasteiger partial charge in [0.05, 0.1) is 0 Å². The van der Waals surface area contributed by atoms with Crippen LogP contribution in [-0.4, -0.2) is 141 Å². The molecule has 0 saturated carbocycles. The van der Waals surface area contributed by atoms with Crippen LogP contribution in [0.1, 0.15) is 109 Å². The predicted octanol–water partition coefficient (Wildman–Crippen LogP) is 2.90. The van der Waals surface area contributed by atoms with E-state index in [0.717, 1.165) is 5.56 Å². The number of halogens is 1. The number of nitrogens with one attached hydrogen (secondary N) is 6. The van der Waals surface area contributed by atoms with Crippen molar-refractivity contribution < 1.29 is 87.5 Å². The number of rotatable bonds is 31. The molecule has 0 aliphatic carbocycles. The molecule has 0 spiro atoms. The van der Waals surface area contributed by atoms with Gasteiger partial charge in [-0.3, -0.25) is 54.2 Å². The van der Waals surface area contributed by atoms with Crippen molar-refractivity contribution in [2.75, 3.05) is 52.4 Å². The number of aromatic nitrogens is 1. The first kappa shape index (κ1) is 63.4. The third kappa shape index (κ3) is 38.8. The maximum Gasteiger partial charge on any atom is 0.0162 e. The number of unbranched alkanes of at least 4 members (excludes halogenated alkanes) is 6. The number of hydrogen-bond acceptors (Lipinski definition) is 12. The summed E-state index contributed by atoms with van der Waals surface area (Å²) >= 11 is 4.23. The van der Waals surface area contributed by atoms with Crippen molar-refractivity contribution in [2.24, 2.45) is 0 Å². The summed E-state index contributed by atoms with van der Waals surface area (Å²) in [6.45, 7) is 3.10. The van der Waals surface area contributed by atoms with Crippen molar-refractivity contribution in [3.05, 3.63) is 41.6 Å². The molecule has 0 saturated heterocycles. The van der Waals surface area contributed by atoms with Crippen molar-refractivity contribution in [3.8, 4) is 0 Å². The van der Waals surface area contributed by atoms with Crippen LogP contribution in [0.4, 0.5) is 0 Å². The zero-order chi connectivity index (χ0) is 46.3. The maximum atomic E-state index is 12.2. The Balaban J connectivity index is -0.00000354. The maximum absolute atomic E-state index is 12.2. The molecule has 0 aromatic carbocycles. The second-order valence-electron chi connectivity index (χ2n) is 13.6. The van der Waals surface area contributed by atoms with Gasteiger partial charge in [-0.05, 0) is 75.5 Å². The van der Waals surface area contributed by atoms with Gasteiger partial charge < -0.3 is 37.8 Å². The number of pyridine rings is 1. The van der Waals surface area contributed by atoms with Crippen molar-refractivity contribution in [1.29, 1.82) is 0 Å². The molecular weight excluding hydrogens is 1150 g/mol. The first-order valence-electron chi connectivity index (χ1n) is 20.2. The molecule has 21 nitrogen and oxygen atoms in total. The summed E-state index contributed by atoms with van der Waals surface area (Å²) in [5.41, 5.74) is 13.8. The summed E-state index contributed by atoms with van der Waals surface area (Å²) in [6.07, 6.45) is 7.69. The average molecular weight is 1220 g/mol. The summed E-state index contributed by atoms with van der Waals surface area (Å²) < 4.78 is 0. The zero-order valence-corrected chi connectivity index (χ0v) is 40.9. The molecule has 0 atom stereocenters. The molecule has 62 heavy (non-hydrogen) atoms. The standard InChI is InChI=1S/C35H58N8O10.C3H8N2O.Fe.HI.Pt/c1-28(44)41(51)24-8-2-5-20-38-31(46)13-15-34(49)43(53)26-10-4-7-21-39-32(47)14-16-35(50)42(52)25-9-3-6-19-37-30(45)11-12-33(48)40-27-29-17-22-36-23-18-29;4-1-3(6)2-5;;;/h17-18,22-23,51-53H,2-16,19-21,24-27H2,1H3,(H,37,45)(H,38,46)(H,39,47)(H,40,48);3-6H,1-2H2;;1H;/q;-2;;;+1/p-1. The molecule has 7 amide bonds. The summed E-state index contributed by atoms with van der Waals surface area (Å²) in [7, 11) is 0. The molecule has 0 bridgehead atoms. The van der Waals surface area contributed by atoms with Crippen molar-refractivity contribution in [3.63, 3.8) is 0 Å². The quantitative estimate of drug-likeness (QED) is 0.0175. The van der Waals surface area contributed by atoms with Gasteiger partial charge in [-0.2, -0.15) is 0 Å². The Morgan fingerprint density at radius 3 is 1.27 bits per heavy atom. The monoisotopic (exact) mass is 1220 g/mol. The van der Waals surface area contributed by atoms with Crippen LogP contribution in [0.2, 0.25) is 0 Å². The SMILES string of the molecule is CC(=O)N(O)CCCCCNC(=O)CCC(=O)N(O)CCCCCNC(=O)CCC(=O)N(O)CCCCCNC(=O)CCC(=O)NCc1ccncc1.[Fe].[I][Pt].[NH-]CC(O)C[NH-]. The topological polar surface area (TPSA) is 319 Å². The predicted molar refractivity (Wildman–Crippen MR) is 229 cm³/mol. The van der Waals surface area contributed by atoms with Crippen LogP contribution in [0.15, 0.2) is 24.5 Å². The minimum Gasteiger partial charge on any atom is -0.675 e. The van der Waals surface area contributed by atoms with Gasteiger partial charge in [0.25, 0.3) is 0 Å². The van der Waals surface area contributed by atoms with Gasteiger partial charge in [-0.1, -0.05) is 0 Å². The molecule has 0 unspecified atom stereocenters. The first-order valence-corrected chi connectivity index (χ1v) is 26.6. The van der Waals surface area contributed by atoms with E-state index in [1.807, 2.05) is 0 Å². The number of aliphatic hydroxyl groups excluding tert-OH is 1. The summed E-state index contributed by atoms with van der Waals surface area (Å²) in [5, 5.41) is 50.2. The van der Waals surface area contributed by atoms with E-state index in [2.05, 4.69) is 61.7 Å². The second-order valence-corrected chi connectivity index (χ2v) is 13.6. The van der Waals surface area contributed by atoms with Crippen LogP contribution in [0, 0.1) is 0 Å². The number of hydroxylamine groups is 6. The Bertz CT molecular complexity index is 1380. The van der Waals surface area contributed by atoms with E-state index in [0.29, 0.717) is 99.2 Å². The Morgan fingerprint density at radius 2 is 0.935 bits per heavy atom. The summed E-state index contributed by atoms with van der Waals surface area (Å²) in [4.78, 5) is 87.0. The Morgan fingerprint density at radius 1 is 0.597 bits per heavy atom. The number of amides is 7. The van der Waals surface area contributed by atoms with Crippen LogP contribution in [0.5, 0.6) is 0 Å². The van der Waals surface area contributed by atoms with E-state index in [9.17, 15) is 49.2 Å². The molecule has 1 rings (SSSR count). The molecule has 1 aromatic rings. The molecule has 1 aromatic heterocycles. The first-order chi connectivity index (χ1) is 29.2. The van der Waals surface area contributed by atoms with Gasteiger partial charge in [0.2, 0.25) is 41.4 Å². The second kappa shape index (κ2) is 43.4. The van der Waals surface area contributed by atoms with E-state index in [1.165, 1.54) is 6.92 Å². The van der Waals surface area contributed by atoms with Gasteiger partial charge in [0.15, 0.2) is 0 Å². The van der Waals surface area contributed by atoms with Gasteiger partial charge in [-0.15, -0.1) is 13.1 Å². The van der Waals surface area contributed by atoms with Gasteiger partial charge in [-0.25, -0.2) is 15.2 Å². The largest absolute Gasteiger partial charge is 0.675 e. The van der Waals surface area contributed by atoms with Gasteiger partial charge in [0.1, 0.15) is 0 Å². The van der Waals surface area contributed by atoms with E-state index in [-0.39, 0.29) is 112 Å². The number of nitrogens with zero attached hydrogens (tertiary/aromatic N) is 4. The average Bonchev–Trinajstić information content (AvgIpc) is 3.27. The third-order valence-corrected chi connectivity index (χ3v) is 8.47. The van der Waals surface area contributed by atoms with Crippen LogP contribution in [0.3, 0.4) is 0 Å². The molecule has 0 fully saturated rings. The number of hydrogen-bond donors (Lipinski definition) is 8. The van der Waals surface area contributed by atoms with Crippen molar-refractivity contribution >= 4 is 60.7 Å². The van der Waals surface area contributed by atoms with E-state index >= 15 is 0 Å². The Labute approximate surface area is 397 Å². The number of carbonyl (C=O) groups is 7. The van der Waals surface area contributed by atoms with Gasteiger partial charge >= 0.3 is 35.5 Å². The summed E-state index contributed by atoms with van der Waals surface area (Å²) in [5.74, 6) is -2.67. The van der Waals surface area contributed by atoms with Crippen LogP contribution < -0.4 is 21.3 Å².